The summed E-state index contributed by atoms with van der Waals surface area (Å²) in [5, 5.41) is 0. The zero-order valence-corrected chi connectivity index (χ0v) is 14.0. The van der Waals surface area contributed by atoms with Gasteiger partial charge in [-0.15, -0.1) is 0 Å². The first kappa shape index (κ1) is 20.7. The van der Waals surface area contributed by atoms with Crippen molar-refractivity contribution in [2.75, 3.05) is 7.11 Å². The van der Waals surface area contributed by atoms with Gasteiger partial charge in [0, 0.05) is 12.7 Å². The maximum atomic E-state index is 13.3. The van der Waals surface area contributed by atoms with Crippen molar-refractivity contribution < 1.29 is 40.6 Å². The van der Waals surface area contributed by atoms with E-state index in [0.29, 0.717) is 12.1 Å². The van der Waals surface area contributed by atoms with Crippen LogP contribution in [0.4, 0.5) is 26.3 Å². The van der Waals surface area contributed by atoms with Gasteiger partial charge in [-0.25, -0.2) is 4.98 Å². The van der Waals surface area contributed by atoms with Crippen LogP contribution in [0.3, 0.4) is 0 Å². The van der Waals surface area contributed by atoms with Crippen molar-refractivity contribution in [2.24, 2.45) is 0 Å². The molecule has 0 saturated heterocycles. The molecule has 0 radical (unpaired) electrons. The number of alkyl halides is 6. The predicted molar refractivity (Wildman–Crippen MR) is 81.6 cm³/mol. The van der Waals surface area contributed by atoms with E-state index < -0.39 is 41.1 Å². The Bertz CT molecular complexity index is 815. The molecule has 1 atom stereocenters. The molecule has 2 rings (SSSR count). The first-order chi connectivity index (χ1) is 12.4. The molecule has 0 saturated carbocycles. The van der Waals surface area contributed by atoms with E-state index >= 15 is 0 Å². The van der Waals surface area contributed by atoms with Crippen molar-refractivity contribution in [1.29, 1.82) is 0 Å². The first-order valence-corrected chi connectivity index (χ1v) is 7.43. The zero-order chi connectivity index (χ0) is 20.4. The number of nitrogens with zero attached hydrogens (tertiary/aromatic N) is 1. The van der Waals surface area contributed by atoms with E-state index in [0.717, 1.165) is 24.4 Å². The standard InChI is InChI=1S/C17H13F6NO3/c1-9(26-2)15(25)12-5-3-10(7-13(12)16(18,19)20)27-11-4-6-14(24-8-11)17(21,22)23/h3-9H,1-2H3. The van der Waals surface area contributed by atoms with Crippen molar-refractivity contribution in [3.05, 3.63) is 53.3 Å². The number of benzene rings is 1. The van der Waals surface area contributed by atoms with Crippen LogP contribution in [0.15, 0.2) is 36.5 Å². The molecule has 0 aliphatic heterocycles. The number of pyridine rings is 1. The second-order valence-electron chi connectivity index (χ2n) is 5.43. The number of ether oxygens (including phenoxy) is 2. The lowest BCUT2D eigenvalue weighted by Gasteiger charge is -2.16. The monoisotopic (exact) mass is 393 g/mol. The van der Waals surface area contributed by atoms with Crippen LogP contribution in [-0.2, 0) is 17.1 Å². The highest BCUT2D eigenvalue weighted by molar-refractivity contribution is 6.00. The molecule has 0 amide bonds. The third kappa shape index (κ3) is 4.97. The zero-order valence-electron chi connectivity index (χ0n) is 14.0. The number of rotatable bonds is 5. The molecular weight excluding hydrogens is 380 g/mol. The number of hydrogen-bond acceptors (Lipinski definition) is 4. The third-order valence-corrected chi connectivity index (χ3v) is 3.55. The highest BCUT2D eigenvalue weighted by Crippen LogP contribution is 2.36. The molecule has 146 valence electrons. The van der Waals surface area contributed by atoms with Crippen LogP contribution in [0, 0.1) is 0 Å². The molecule has 0 spiro atoms. The summed E-state index contributed by atoms with van der Waals surface area (Å²) in [5.74, 6) is -1.38. The summed E-state index contributed by atoms with van der Waals surface area (Å²) in [6, 6.07) is 4.18. The van der Waals surface area contributed by atoms with E-state index in [1.165, 1.54) is 14.0 Å². The second kappa shape index (κ2) is 7.55. The quantitative estimate of drug-likeness (QED) is 0.522. The summed E-state index contributed by atoms with van der Waals surface area (Å²) in [6.07, 6.45) is -9.85. The molecule has 0 fully saturated rings. The fraction of sp³-hybridized carbons (Fsp3) is 0.294. The maximum absolute atomic E-state index is 13.3. The van der Waals surface area contributed by atoms with Gasteiger partial charge in [0.05, 0.1) is 11.8 Å². The number of carbonyl (C=O) groups is 1. The van der Waals surface area contributed by atoms with Gasteiger partial charge < -0.3 is 9.47 Å². The first-order valence-electron chi connectivity index (χ1n) is 7.43. The largest absolute Gasteiger partial charge is 0.456 e. The number of carbonyl (C=O) groups excluding carboxylic acids is 1. The van der Waals surface area contributed by atoms with E-state index in [1.54, 1.807) is 0 Å². The van der Waals surface area contributed by atoms with Crippen LogP contribution >= 0.6 is 0 Å². The number of methoxy groups -OCH3 is 1. The van der Waals surface area contributed by atoms with Gasteiger partial charge in [-0.1, -0.05) is 0 Å². The number of ketones is 1. The smallest absolute Gasteiger partial charge is 0.433 e. The number of hydrogen-bond donors (Lipinski definition) is 0. The number of halogens is 6. The Kier molecular flexibility index (Phi) is 5.79. The summed E-state index contributed by atoms with van der Waals surface area (Å²) in [7, 11) is 1.19. The van der Waals surface area contributed by atoms with Crippen LogP contribution in [0.2, 0.25) is 0 Å². The number of aromatic nitrogens is 1. The van der Waals surface area contributed by atoms with E-state index in [1.807, 2.05) is 0 Å². The van der Waals surface area contributed by atoms with Crippen molar-refractivity contribution in [3.8, 4) is 11.5 Å². The Morgan fingerprint density at radius 1 is 1.00 bits per heavy atom. The van der Waals surface area contributed by atoms with Crippen molar-refractivity contribution in [1.82, 2.24) is 4.98 Å². The molecule has 27 heavy (non-hydrogen) atoms. The van der Waals surface area contributed by atoms with Crippen molar-refractivity contribution in [2.45, 2.75) is 25.4 Å². The molecule has 1 unspecified atom stereocenters. The molecular formula is C17H13F6NO3. The fourth-order valence-electron chi connectivity index (χ4n) is 2.11. The van der Waals surface area contributed by atoms with Gasteiger partial charge in [0.25, 0.3) is 0 Å². The van der Waals surface area contributed by atoms with Crippen LogP contribution in [0.5, 0.6) is 11.5 Å². The van der Waals surface area contributed by atoms with Gasteiger partial charge in [-0.2, -0.15) is 26.3 Å². The van der Waals surface area contributed by atoms with Crippen LogP contribution in [0.1, 0.15) is 28.5 Å². The lowest BCUT2D eigenvalue weighted by atomic mass is 10.00. The van der Waals surface area contributed by atoms with Crippen LogP contribution in [-0.4, -0.2) is 24.0 Å². The summed E-state index contributed by atoms with van der Waals surface area (Å²) in [6.45, 7) is 1.31. The molecule has 0 N–H and O–H groups in total. The predicted octanol–water partition coefficient (Wildman–Crippen LogP) is 5.13. The summed E-state index contributed by atoms with van der Waals surface area (Å²) in [4.78, 5) is 15.2. The topological polar surface area (TPSA) is 48.4 Å². The van der Waals surface area contributed by atoms with Crippen LogP contribution < -0.4 is 4.74 Å². The van der Waals surface area contributed by atoms with Crippen LogP contribution in [0.25, 0.3) is 0 Å². The second-order valence-corrected chi connectivity index (χ2v) is 5.43. The highest BCUT2D eigenvalue weighted by Gasteiger charge is 2.37. The Morgan fingerprint density at radius 3 is 2.11 bits per heavy atom. The summed E-state index contributed by atoms with van der Waals surface area (Å²) >= 11 is 0. The molecule has 0 aliphatic rings. The minimum Gasteiger partial charge on any atom is -0.456 e. The highest BCUT2D eigenvalue weighted by atomic mass is 19.4. The Balaban J connectivity index is 2.35. The number of Topliss-reactive ketones (excluding diaryl/α,β-unsaturated/α-hetero) is 1. The molecule has 10 heteroatoms. The SMILES string of the molecule is COC(C)C(=O)c1ccc(Oc2ccc(C(F)(F)F)nc2)cc1C(F)(F)F. The Labute approximate surface area is 149 Å². The Hall–Kier alpha value is -2.62. The molecule has 0 aliphatic carbocycles. The fourth-order valence-corrected chi connectivity index (χ4v) is 2.11. The summed E-state index contributed by atoms with van der Waals surface area (Å²) in [5.41, 5.74) is -3.01. The lowest BCUT2D eigenvalue weighted by molar-refractivity contribution is -0.141. The van der Waals surface area contributed by atoms with Crippen molar-refractivity contribution in [3.63, 3.8) is 0 Å². The van der Waals surface area contributed by atoms with Gasteiger partial charge in [-0.3, -0.25) is 4.79 Å². The average molecular weight is 393 g/mol. The van der Waals surface area contributed by atoms with E-state index in [-0.39, 0.29) is 11.5 Å². The molecule has 1 heterocycles. The summed E-state index contributed by atoms with van der Waals surface area (Å²) < 4.78 is 87.2. The maximum Gasteiger partial charge on any atom is 0.433 e. The lowest BCUT2D eigenvalue weighted by Crippen LogP contribution is -2.23. The third-order valence-electron chi connectivity index (χ3n) is 3.55. The van der Waals surface area contributed by atoms with E-state index in [2.05, 4.69) is 4.98 Å². The molecule has 1 aromatic heterocycles. The van der Waals surface area contributed by atoms with Gasteiger partial charge in [-0.05, 0) is 37.3 Å². The van der Waals surface area contributed by atoms with Gasteiger partial charge in [0.1, 0.15) is 23.3 Å². The normalized spacial score (nSPS) is 13.3. The molecule has 4 nitrogen and oxygen atoms in total. The van der Waals surface area contributed by atoms with Crippen molar-refractivity contribution >= 4 is 5.78 Å². The van der Waals surface area contributed by atoms with E-state index in [9.17, 15) is 31.1 Å². The molecule has 0 bridgehead atoms. The minimum absolute atomic E-state index is 0.194. The van der Waals surface area contributed by atoms with E-state index in [4.69, 9.17) is 9.47 Å². The minimum atomic E-state index is -4.85. The average Bonchev–Trinajstić information content (AvgIpc) is 2.59. The van der Waals surface area contributed by atoms with Gasteiger partial charge >= 0.3 is 12.4 Å². The molecule has 2 aromatic rings. The molecule has 1 aromatic carbocycles. The van der Waals surface area contributed by atoms with Gasteiger partial charge in [0.15, 0.2) is 5.78 Å². The van der Waals surface area contributed by atoms with Gasteiger partial charge in [0.2, 0.25) is 0 Å². The Morgan fingerprint density at radius 2 is 1.63 bits per heavy atom.